The monoisotopic (exact) mass is 327 g/mol. The van der Waals surface area contributed by atoms with Crippen molar-refractivity contribution in [3.05, 3.63) is 56.3 Å². The Kier molecular flexibility index (Phi) is 3.60. The van der Waals surface area contributed by atoms with E-state index in [1.165, 1.54) is 22.2 Å². The smallest absolute Gasteiger partial charge is 0.287 e. The number of hydrogen-bond acceptors (Lipinski definition) is 5. The third-order valence-electron chi connectivity index (χ3n) is 2.57. The highest BCUT2D eigenvalue weighted by Crippen LogP contribution is 2.24. The topological polar surface area (TPSA) is 60.9 Å². The zero-order valence-electron chi connectivity index (χ0n) is 9.92. The van der Waals surface area contributed by atoms with Gasteiger partial charge in [-0.2, -0.15) is 5.10 Å². The van der Waals surface area contributed by atoms with Crippen LogP contribution in [0, 0.1) is 0 Å². The van der Waals surface area contributed by atoms with Crippen molar-refractivity contribution in [3.63, 3.8) is 0 Å². The fraction of sp³-hybridized carbons (Fsp3) is 0.0833. The average Bonchev–Trinajstić information content (AvgIpc) is 3.10. The summed E-state index contributed by atoms with van der Waals surface area (Å²) in [6.07, 6.45) is 4.54. The van der Waals surface area contributed by atoms with Crippen molar-refractivity contribution in [2.75, 3.05) is 0 Å². The summed E-state index contributed by atoms with van der Waals surface area (Å²) in [5.74, 6) is 0. The highest BCUT2D eigenvalue weighted by molar-refractivity contribution is 7.13. The van der Waals surface area contributed by atoms with E-state index >= 15 is 0 Å². The van der Waals surface area contributed by atoms with Gasteiger partial charge in [0.2, 0.25) is 0 Å². The highest BCUT2D eigenvalue weighted by atomic mass is 35.5. The first kappa shape index (κ1) is 13.4. The van der Waals surface area contributed by atoms with Crippen molar-refractivity contribution in [2.24, 2.45) is 0 Å². The first-order chi connectivity index (χ1) is 9.65. The van der Waals surface area contributed by atoms with Gasteiger partial charge in [-0.25, -0.2) is 9.67 Å². The van der Waals surface area contributed by atoms with Crippen molar-refractivity contribution in [3.8, 4) is 10.6 Å². The van der Waals surface area contributed by atoms with Crippen molar-refractivity contribution in [1.82, 2.24) is 14.8 Å². The molecule has 3 aromatic rings. The van der Waals surface area contributed by atoms with Gasteiger partial charge in [-0.3, -0.25) is 4.79 Å². The molecule has 0 bridgehead atoms. The number of halogens is 2. The fourth-order valence-electron chi connectivity index (χ4n) is 1.61. The minimum absolute atomic E-state index is 0.0352. The third-order valence-corrected chi connectivity index (χ3v) is 4.26. The Hall–Kier alpha value is -1.63. The lowest BCUT2D eigenvalue weighted by Crippen LogP contribution is -2.23. The molecule has 102 valence electrons. The van der Waals surface area contributed by atoms with Crippen LogP contribution in [0.3, 0.4) is 0 Å². The van der Waals surface area contributed by atoms with Crippen molar-refractivity contribution >= 4 is 34.5 Å². The molecule has 0 atom stereocenters. The molecule has 0 spiro atoms. The van der Waals surface area contributed by atoms with Gasteiger partial charge in [0.05, 0.1) is 29.7 Å². The van der Waals surface area contributed by atoms with E-state index in [1.54, 1.807) is 12.5 Å². The van der Waals surface area contributed by atoms with E-state index in [4.69, 9.17) is 27.6 Å². The van der Waals surface area contributed by atoms with E-state index in [-0.39, 0.29) is 16.6 Å². The molecule has 0 radical (unpaired) electrons. The molecule has 0 aliphatic carbocycles. The van der Waals surface area contributed by atoms with Crippen LogP contribution in [0.1, 0.15) is 5.69 Å². The number of rotatable bonds is 3. The number of thiazole rings is 1. The Balaban J connectivity index is 1.89. The summed E-state index contributed by atoms with van der Waals surface area (Å²) in [7, 11) is 0. The molecule has 3 heterocycles. The first-order valence-electron chi connectivity index (χ1n) is 5.53. The molecule has 8 heteroatoms. The standard InChI is InChI=1S/C12H7Cl2N3O2S/c13-9-3-15-17(12(18)10(9)14)4-8-6-20-11(16-8)7-1-2-19-5-7/h1-3,5-6H,4H2. The third kappa shape index (κ3) is 2.49. The maximum atomic E-state index is 11.9. The van der Waals surface area contributed by atoms with Gasteiger partial charge in [0.25, 0.3) is 5.56 Å². The molecule has 20 heavy (non-hydrogen) atoms. The second-order valence-electron chi connectivity index (χ2n) is 3.93. The van der Waals surface area contributed by atoms with Crippen LogP contribution in [0.5, 0.6) is 0 Å². The lowest BCUT2D eigenvalue weighted by atomic mass is 10.3. The van der Waals surface area contributed by atoms with Gasteiger partial charge in [-0.05, 0) is 6.07 Å². The van der Waals surface area contributed by atoms with Gasteiger partial charge < -0.3 is 4.42 Å². The number of aromatic nitrogens is 3. The molecular formula is C12H7Cl2N3O2S. The molecule has 0 aromatic carbocycles. The van der Waals surface area contributed by atoms with Gasteiger partial charge in [0, 0.05) is 10.9 Å². The Morgan fingerprint density at radius 3 is 3.00 bits per heavy atom. The van der Waals surface area contributed by atoms with Gasteiger partial charge >= 0.3 is 0 Å². The largest absolute Gasteiger partial charge is 0.472 e. The van der Waals surface area contributed by atoms with Crippen LogP contribution in [0.25, 0.3) is 10.6 Å². The van der Waals surface area contributed by atoms with E-state index in [0.29, 0.717) is 0 Å². The maximum Gasteiger partial charge on any atom is 0.287 e. The summed E-state index contributed by atoms with van der Waals surface area (Å²) < 4.78 is 6.24. The van der Waals surface area contributed by atoms with Crippen LogP contribution in [0.4, 0.5) is 0 Å². The number of hydrogen-bond donors (Lipinski definition) is 0. The van der Waals surface area contributed by atoms with Crippen molar-refractivity contribution in [2.45, 2.75) is 6.54 Å². The molecule has 5 nitrogen and oxygen atoms in total. The minimum atomic E-state index is -0.433. The maximum absolute atomic E-state index is 11.9. The highest BCUT2D eigenvalue weighted by Gasteiger charge is 2.10. The lowest BCUT2D eigenvalue weighted by Gasteiger charge is -2.02. The Morgan fingerprint density at radius 1 is 1.40 bits per heavy atom. The number of nitrogens with zero attached hydrogens (tertiary/aromatic N) is 3. The summed E-state index contributed by atoms with van der Waals surface area (Å²) in [6, 6.07) is 1.83. The Morgan fingerprint density at radius 2 is 2.25 bits per heavy atom. The summed E-state index contributed by atoms with van der Waals surface area (Å²) in [4.78, 5) is 16.3. The van der Waals surface area contributed by atoms with Crippen molar-refractivity contribution in [1.29, 1.82) is 0 Å². The van der Waals surface area contributed by atoms with Crippen LogP contribution in [0.15, 0.2) is 39.4 Å². The van der Waals surface area contributed by atoms with E-state index in [2.05, 4.69) is 10.1 Å². The van der Waals surface area contributed by atoms with Crippen LogP contribution < -0.4 is 5.56 Å². The predicted molar refractivity (Wildman–Crippen MR) is 77.4 cm³/mol. The molecule has 3 rings (SSSR count). The molecule has 0 aliphatic rings. The summed E-state index contributed by atoms with van der Waals surface area (Å²) in [5, 5.41) is 6.73. The van der Waals surface area contributed by atoms with Gasteiger partial charge in [-0.1, -0.05) is 23.2 Å². The average molecular weight is 328 g/mol. The number of furan rings is 1. The van der Waals surface area contributed by atoms with Crippen LogP contribution >= 0.6 is 34.5 Å². The van der Waals surface area contributed by atoms with Gasteiger partial charge in [-0.15, -0.1) is 11.3 Å². The second kappa shape index (κ2) is 5.40. The van der Waals surface area contributed by atoms with Crippen LogP contribution in [0.2, 0.25) is 10.0 Å². The SMILES string of the molecule is O=c1c(Cl)c(Cl)cnn1Cc1csc(-c2ccoc2)n1. The van der Waals surface area contributed by atoms with Crippen LogP contribution in [-0.2, 0) is 6.54 Å². The summed E-state index contributed by atoms with van der Waals surface area (Å²) >= 11 is 13.0. The van der Waals surface area contributed by atoms with E-state index in [9.17, 15) is 4.79 Å². The predicted octanol–water partition coefficient (Wildman–Crippen LogP) is 3.31. The minimum Gasteiger partial charge on any atom is -0.472 e. The van der Waals surface area contributed by atoms with Crippen LogP contribution in [-0.4, -0.2) is 14.8 Å². The normalized spacial score (nSPS) is 10.9. The summed E-state index contributed by atoms with van der Waals surface area (Å²) in [6.45, 7) is 0.240. The molecule has 0 unspecified atom stereocenters. The molecule has 3 aromatic heterocycles. The van der Waals surface area contributed by atoms with Gasteiger partial charge in [0.15, 0.2) is 0 Å². The molecule has 0 saturated heterocycles. The molecule has 0 N–H and O–H groups in total. The zero-order valence-corrected chi connectivity index (χ0v) is 12.2. The molecule has 0 saturated carbocycles. The van der Waals surface area contributed by atoms with Crippen molar-refractivity contribution < 1.29 is 4.42 Å². The Labute approximate surface area is 127 Å². The fourth-order valence-corrected chi connectivity index (χ4v) is 2.68. The van der Waals surface area contributed by atoms with E-state index in [0.717, 1.165) is 16.3 Å². The lowest BCUT2D eigenvalue weighted by molar-refractivity contribution is 0.568. The summed E-state index contributed by atoms with van der Waals surface area (Å²) in [5.41, 5.74) is 1.19. The second-order valence-corrected chi connectivity index (χ2v) is 5.57. The quantitative estimate of drug-likeness (QED) is 0.740. The molecular weight excluding hydrogens is 321 g/mol. The molecule has 0 fully saturated rings. The first-order valence-corrected chi connectivity index (χ1v) is 7.17. The van der Waals surface area contributed by atoms with E-state index in [1.807, 2.05) is 11.4 Å². The molecule has 0 aliphatic heterocycles. The zero-order chi connectivity index (χ0) is 14.1. The Bertz CT molecular complexity index is 795. The van der Waals surface area contributed by atoms with Gasteiger partial charge in [0.1, 0.15) is 16.3 Å². The van der Waals surface area contributed by atoms with E-state index < -0.39 is 5.56 Å². The molecule has 0 amide bonds.